The predicted molar refractivity (Wildman–Crippen MR) is 92.3 cm³/mol. The zero-order chi connectivity index (χ0) is 18.5. The summed E-state index contributed by atoms with van der Waals surface area (Å²) in [6.07, 6.45) is 0.540. The van der Waals surface area contributed by atoms with Gasteiger partial charge in [-0.25, -0.2) is 0 Å². The van der Waals surface area contributed by atoms with E-state index in [9.17, 15) is 9.59 Å². The normalized spacial score (nSPS) is 17.7. The number of aryl methyl sites for hydroxylation is 1. The lowest BCUT2D eigenvalue weighted by molar-refractivity contribution is -0.134. The average molecular weight is 358 g/mol. The molecule has 2 heterocycles. The average Bonchev–Trinajstić information content (AvgIpc) is 2.94. The number of aromatic nitrogens is 2. The van der Waals surface area contributed by atoms with Crippen molar-refractivity contribution in [3.05, 3.63) is 42.0 Å². The van der Waals surface area contributed by atoms with Crippen LogP contribution >= 0.6 is 0 Å². The Morgan fingerprint density at radius 2 is 2.00 bits per heavy atom. The molecule has 8 nitrogen and oxygen atoms in total. The number of nitrogens with zero attached hydrogens (tertiary/aromatic N) is 4. The van der Waals surface area contributed by atoms with Crippen LogP contribution in [-0.2, 0) is 9.59 Å². The lowest BCUT2D eigenvalue weighted by Gasteiger charge is -2.25. The number of para-hydroxylation sites is 1. The molecule has 26 heavy (non-hydrogen) atoms. The van der Waals surface area contributed by atoms with Crippen molar-refractivity contribution in [2.45, 2.75) is 26.3 Å². The molecule has 138 valence electrons. The molecule has 1 aromatic heterocycles. The van der Waals surface area contributed by atoms with E-state index in [1.807, 2.05) is 18.2 Å². The Labute approximate surface area is 151 Å². The zero-order valence-electron chi connectivity index (χ0n) is 14.9. The van der Waals surface area contributed by atoms with Crippen molar-refractivity contribution in [1.29, 1.82) is 0 Å². The summed E-state index contributed by atoms with van der Waals surface area (Å²) in [5.41, 5.74) is 0. The standard InChI is InChI=1S/C18H22N4O4/c1-13-19-18(26-20-13)16-8-9-21(10-11-22(16)14(2)23)17(24)12-25-15-6-4-3-5-7-15/h3-7,16H,8-12H2,1-2H3. The number of carbonyl (C=O) groups excluding carboxylic acids is 2. The van der Waals surface area contributed by atoms with Gasteiger partial charge in [0.25, 0.3) is 5.91 Å². The molecule has 0 radical (unpaired) electrons. The van der Waals surface area contributed by atoms with Crippen molar-refractivity contribution >= 4 is 11.8 Å². The van der Waals surface area contributed by atoms with Crippen LogP contribution in [0.25, 0.3) is 0 Å². The fourth-order valence-corrected chi connectivity index (χ4v) is 3.01. The topological polar surface area (TPSA) is 88.8 Å². The molecule has 1 aliphatic rings. The van der Waals surface area contributed by atoms with E-state index in [-0.39, 0.29) is 24.5 Å². The van der Waals surface area contributed by atoms with Gasteiger partial charge in [-0.2, -0.15) is 4.98 Å². The number of carbonyl (C=O) groups is 2. The van der Waals surface area contributed by atoms with Gasteiger partial charge in [-0.3, -0.25) is 9.59 Å². The molecule has 2 amide bonds. The summed E-state index contributed by atoms with van der Waals surface area (Å²) in [4.78, 5) is 32.2. The van der Waals surface area contributed by atoms with Crippen molar-refractivity contribution in [2.75, 3.05) is 26.2 Å². The Morgan fingerprint density at radius 1 is 1.23 bits per heavy atom. The first kappa shape index (κ1) is 17.9. The maximum absolute atomic E-state index is 12.5. The molecule has 0 aliphatic carbocycles. The van der Waals surface area contributed by atoms with Gasteiger partial charge in [-0.1, -0.05) is 23.4 Å². The Hall–Kier alpha value is -2.90. The van der Waals surface area contributed by atoms with Crippen LogP contribution < -0.4 is 4.74 Å². The van der Waals surface area contributed by atoms with E-state index in [0.717, 1.165) is 0 Å². The van der Waals surface area contributed by atoms with Crippen LogP contribution in [0.1, 0.15) is 31.1 Å². The number of rotatable bonds is 4. The van der Waals surface area contributed by atoms with Gasteiger partial charge in [0.15, 0.2) is 12.4 Å². The molecule has 2 aromatic rings. The molecule has 1 aliphatic heterocycles. The van der Waals surface area contributed by atoms with Gasteiger partial charge in [-0.15, -0.1) is 0 Å². The minimum Gasteiger partial charge on any atom is -0.484 e. The van der Waals surface area contributed by atoms with Crippen molar-refractivity contribution in [3.8, 4) is 5.75 Å². The van der Waals surface area contributed by atoms with Crippen LogP contribution in [0.15, 0.2) is 34.9 Å². The predicted octanol–water partition coefficient (Wildman–Crippen LogP) is 1.58. The Balaban J connectivity index is 1.64. The van der Waals surface area contributed by atoms with E-state index >= 15 is 0 Å². The van der Waals surface area contributed by atoms with Crippen LogP contribution in [0.4, 0.5) is 0 Å². The van der Waals surface area contributed by atoms with E-state index in [4.69, 9.17) is 9.26 Å². The Kier molecular flexibility index (Phi) is 5.50. The number of hydrogen-bond acceptors (Lipinski definition) is 6. The molecular weight excluding hydrogens is 336 g/mol. The van der Waals surface area contributed by atoms with Gasteiger partial charge in [0, 0.05) is 26.6 Å². The first-order valence-corrected chi connectivity index (χ1v) is 8.57. The van der Waals surface area contributed by atoms with Crippen molar-refractivity contribution in [2.24, 2.45) is 0 Å². The van der Waals surface area contributed by atoms with Gasteiger partial charge >= 0.3 is 0 Å². The quantitative estimate of drug-likeness (QED) is 0.824. The van der Waals surface area contributed by atoms with Crippen molar-refractivity contribution < 1.29 is 18.8 Å². The van der Waals surface area contributed by atoms with Gasteiger partial charge in [0.05, 0.1) is 0 Å². The van der Waals surface area contributed by atoms with E-state index in [1.165, 1.54) is 6.92 Å². The lowest BCUT2D eigenvalue weighted by atomic mass is 10.1. The number of hydrogen-bond donors (Lipinski definition) is 0. The molecule has 8 heteroatoms. The highest BCUT2D eigenvalue weighted by atomic mass is 16.5. The largest absolute Gasteiger partial charge is 0.484 e. The number of benzene rings is 1. The molecule has 1 fully saturated rings. The van der Waals surface area contributed by atoms with Crippen LogP contribution in [-0.4, -0.2) is 58.0 Å². The monoisotopic (exact) mass is 358 g/mol. The third-order valence-electron chi connectivity index (χ3n) is 4.35. The van der Waals surface area contributed by atoms with E-state index in [0.29, 0.717) is 43.5 Å². The van der Waals surface area contributed by atoms with Crippen molar-refractivity contribution in [1.82, 2.24) is 19.9 Å². The van der Waals surface area contributed by atoms with Crippen molar-refractivity contribution in [3.63, 3.8) is 0 Å². The summed E-state index contributed by atoms with van der Waals surface area (Å²) in [5, 5.41) is 3.81. The highest BCUT2D eigenvalue weighted by Gasteiger charge is 2.32. The van der Waals surface area contributed by atoms with E-state index in [1.54, 1.807) is 28.9 Å². The minimum absolute atomic E-state index is 0.0333. The fraction of sp³-hybridized carbons (Fsp3) is 0.444. The Morgan fingerprint density at radius 3 is 2.65 bits per heavy atom. The van der Waals surface area contributed by atoms with Gasteiger partial charge < -0.3 is 19.1 Å². The SMILES string of the molecule is CC(=O)N1CCN(C(=O)COc2ccccc2)CCC1c1nc(C)no1. The highest BCUT2D eigenvalue weighted by molar-refractivity contribution is 5.78. The molecule has 0 bridgehead atoms. The maximum Gasteiger partial charge on any atom is 0.260 e. The summed E-state index contributed by atoms with van der Waals surface area (Å²) in [6.45, 7) is 4.56. The third-order valence-corrected chi connectivity index (χ3v) is 4.35. The van der Waals surface area contributed by atoms with Gasteiger partial charge in [0.2, 0.25) is 11.8 Å². The minimum atomic E-state index is -0.318. The number of amides is 2. The summed E-state index contributed by atoms with van der Waals surface area (Å²) in [7, 11) is 0. The van der Waals surface area contributed by atoms with Crippen LogP contribution in [0, 0.1) is 6.92 Å². The summed E-state index contributed by atoms with van der Waals surface area (Å²) in [6, 6.07) is 8.89. The molecule has 0 N–H and O–H groups in total. The van der Waals surface area contributed by atoms with E-state index < -0.39 is 0 Å². The number of ether oxygens (including phenoxy) is 1. The molecule has 1 aromatic carbocycles. The van der Waals surface area contributed by atoms with Gasteiger partial charge in [0.1, 0.15) is 11.8 Å². The van der Waals surface area contributed by atoms with Crippen LogP contribution in [0.3, 0.4) is 0 Å². The van der Waals surface area contributed by atoms with Crippen LogP contribution in [0.2, 0.25) is 0 Å². The zero-order valence-corrected chi connectivity index (χ0v) is 14.9. The van der Waals surface area contributed by atoms with Gasteiger partial charge in [-0.05, 0) is 25.5 Å². The summed E-state index contributed by atoms with van der Waals surface area (Å²) < 4.78 is 10.8. The molecule has 1 saturated heterocycles. The first-order valence-electron chi connectivity index (χ1n) is 8.57. The smallest absolute Gasteiger partial charge is 0.260 e. The summed E-state index contributed by atoms with van der Waals surface area (Å²) >= 11 is 0. The second-order valence-electron chi connectivity index (χ2n) is 6.18. The van der Waals surface area contributed by atoms with Crippen LogP contribution in [0.5, 0.6) is 5.75 Å². The highest BCUT2D eigenvalue weighted by Crippen LogP contribution is 2.26. The fourth-order valence-electron chi connectivity index (χ4n) is 3.01. The molecule has 3 rings (SSSR count). The second-order valence-corrected chi connectivity index (χ2v) is 6.18. The summed E-state index contributed by atoms with van der Waals surface area (Å²) in [5.74, 6) is 1.39. The second kappa shape index (κ2) is 7.99. The lowest BCUT2D eigenvalue weighted by Crippen LogP contribution is -2.39. The molecule has 1 atom stereocenters. The first-order chi connectivity index (χ1) is 12.5. The molecule has 0 spiro atoms. The third kappa shape index (κ3) is 4.19. The Bertz CT molecular complexity index is 762. The maximum atomic E-state index is 12.5. The molecule has 0 saturated carbocycles. The molecular formula is C18H22N4O4. The van der Waals surface area contributed by atoms with E-state index in [2.05, 4.69) is 10.1 Å². The molecule has 1 unspecified atom stereocenters.